The lowest BCUT2D eigenvalue weighted by atomic mass is 10.0. The second-order valence-corrected chi connectivity index (χ2v) is 3.39. The highest BCUT2D eigenvalue weighted by Gasteiger charge is 2.29. The molecule has 80 valence electrons. The molecule has 0 unspecified atom stereocenters. The highest BCUT2D eigenvalue weighted by molar-refractivity contribution is 5.70. The second-order valence-electron chi connectivity index (χ2n) is 3.39. The highest BCUT2D eigenvalue weighted by Crippen LogP contribution is 2.25. The van der Waals surface area contributed by atoms with Crippen LogP contribution in [0.2, 0.25) is 0 Å². The smallest absolute Gasteiger partial charge is 0.407 e. The first-order valence-electron chi connectivity index (χ1n) is 4.47. The summed E-state index contributed by atoms with van der Waals surface area (Å²) in [5.74, 6) is -1.31. The van der Waals surface area contributed by atoms with E-state index in [0.29, 0.717) is 5.56 Å². The Balaban J connectivity index is 2.43. The molecule has 15 heavy (non-hydrogen) atoms. The summed E-state index contributed by atoms with van der Waals surface area (Å²) in [6.07, 6.45) is -0.652. The molecule has 1 N–H and O–H groups in total. The molecule has 0 saturated carbocycles. The molecular weight excluding hydrogens is 204 g/mol. The molecule has 1 aliphatic heterocycles. The van der Waals surface area contributed by atoms with Crippen LogP contribution in [-0.4, -0.2) is 12.7 Å². The molecule has 1 aromatic carbocycles. The Hall–Kier alpha value is -1.65. The zero-order valence-corrected chi connectivity index (χ0v) is 8.01. The lowest BCUT2D eigenvalue weighted by Crippen LogP contribution is -2.21. The molecule has 1 saturated heterocycles. The van der Waals surface area contributed by atoms with Gasteiger partial charge in [0.15, 0.2) is 0 Å². The van der Waals surface area contributed by atoms with Gasteiger partial charge < -0.3 is 10.1 Å². The molecule has 0 spiro atoms. The predicted molar refractivity (Wildman–Crippen MR) is 48.3 cm³/mol. The van der Waals surface area contributed by atoms with Crippen LogP contribution in [0.5, 0.6) is 0 Å². The number of carbonyl (C=O) groups is 1. The van der Waals surface area contributed by atoms with Gasteiger partial charge in [-0.2, -0.15) is 0 Å². The summed E-state index contributed by atoms with van der Waals surface area (Å²) in [4.78, 5) is 10.8. The van der Waals surface area contributed by atoms with Gasteiger partial charge in [0.05, 0.1) is 6.04 Å². The van der Waals surface area contributed by atoms with Gasteiger partial charge in [-0.3, -0.25) is 0 Å². The normalized spacial score (nSPS) is 19.9. The summed E-state index contributed by atoms with van der Waals surface area (Å²) >= 11 is 0. The van der Waals surface area contributed by atoms with Gasteiger partial charge in [-0.15, -0.1) is 0 Å². The summed E-state index contributed by atoms with van der Waals surface area (Å²) in [6.45, 7) is 1.49. The number of carbonyl (C=O) groups excluding carboxylic acids is 1. The molecule has 0 bridgehead atoms. The van der Waals surface area contributed by atoms with E-state index in [0.717, 1.165) is 0 Å². The Bertz CT molecular complexity index is 420. The summed E-state index contributed by atoms with van der Waals surface area (Å²) in [6, 6.07) is 1.79. The Kier molecular flexibility index (Phi) is 2.30. The van der Waals surface area contributed by atoms with E-state index in [1.54, 1.807) is 0 Å². The Labute approximate surface area is 85.0 Å². The first-order valence-corrected chi connectivity index (χ1v) is 4.47. The van der Waals surface area contributed by atoms with E-state index >= 15 is 0 Å². The summed E-state index contributed by atoms with van der Waals surface area (Å²) in [5.41, 5.74) is 0.202. The minimum absolute atomic E-state index is 0.0455. The van der Waals surface area contributed by atoms with Crippen molar-refractivity contribution in [2.45, 2.75) is 13.0 Å². The van der Waals surface area contributed by atoms with Crippen LogP contribution in [0.25, 0.3) is 0 Å². The van der Waals surface area contributed by atoms with Crippen LogP contribution in [-0.2, 0) is 4.74 Å². The van der Waals surface area contributed by atoms with Gasteiger partial charge in [-0.25, -0.2) is 13.6 Å². The van der Waals surface area contributed by atoms with Crippen LogP contribution in [0.4, 0.5) is 13.6 Å². The molecule has 1 atom stereocenters. The fraction of sp³-hybridized carbons (Fsp3) is 0.300. The van der Waals surface area contributed by atoms with E-state index in [1.165, 1.54) is 19.1 Å². The predicted octanol–water partition coefficient (Wildman–Crippen LogP) is 2.05. The van der Waals surface area contributed by atoms with Crippen molar-refractivity contribution >= 4 is 6.09 Å². The molecule has 1 heterocycles. The zero-order chi connectivity index (χ0) is 11.0. The number of aryl methyl sites for hydroxylation is 1. The van der Waals surface area contributed by atoms with Crippen molar-refractivity contribution in [3.8, 4) is 0 Å². The van der Waals surface area contributed by atoms with Crippen molar-refractivity contribution in [3.63, 3.8) is 0 Å². The van der Waals surface area contributed by atoms with Crippen molar-refractivity contribution in [1.82, 2.24) is 5.32 Å². The minimum Gasteiger partial charge on any atom is -0.447 e. The van der Waals surface area contributed by atoms with Crippen LogP contribution >= 0.6 is 0 Å². The van der Waals surface area contributed by atoms with Gasteiger partial charge in [0.1, 0.15) is 18.2 Å². The molecule has 0 radical (unpaired) electrons. The van der Waals surface area contributed by atoms with Gasteiger partial charge in [0, 0.05) is 5.56 Å². The van der Waals surface area contributed by atoms with Crippen LogP contribution in [0.15, 0.2) is 12.1 Å². The Morgan fingerprint density at radius 1 is 1.47 bits per heavy atom. The van der Waals surface area contributed by atoms with E-state index < -0.39 is 23.8 Å². The maximum Gasteiger partial charge on any atom is 0.407 e. The molecule has 1 amide bonds. The van der Waals surface area contributed by atoms with Crippen LogP contribution in [0, 0.1) is 18.6 Å². The lowest BCUT2D eigenvalue weighted by Gasteiger charge is -2.11. The van der Waals surface area contributed by atoms with Crippen LogP contribution < -0.4 is 5.32 Å². The number of rotatable bonds is 1. The van der Waals surface area contributed by atoms with Gasteiger partial charge in [-0.05, 0) is 18.6 Å². The Morgan fingerprint density at radius 3 is 2.80 bits per heavy atom. The lowest BCUT2D eigenvalue weighted by molar-refractivity contribution is 0.176. The number of alkyl carbamates (subject to hydrolysis) is 1. The van der Waals surface area contributed by atoms with Crippen molar-refractivity contribution < 1.29 is 18.3 Å². The quantitative estimate of drug-likeness (QED) is 0.775. The molecule has 5 heteroatoms. The maximum absolute atomic E-state index is 13.6. The first kappa shape index (κ1) is 9.89. The third-order valence-corrected chi connectivity index (χ3v) is 2.34. The van der Waals surface area contributed by atoms with Gasteiger partial charge in [-0.1, -0.05) is 6.07 Å². The molecule has 0 aromatic heterocycles. The standard InChI is InChI=1S/C10H9F2NO2/c1-5-2-3-6(11)8(9(5)12)7-4-15-10(14)13-7/h2-3,7H,4H2,1H3,(H,13,14)/t7-/m0/s1. The average Bonchev–Trinajstić information content (AvgIpc) is 2.59. The van der Waals surface area contributed by atoms with Gasteiger partial charge in [0.2, 0.25) is 0 Å². The van der Waals surface area contributed by atoms with E-state index in [9.17, 15) is 13.6 Å². The molecule has 1 aliphatic rings. The number of halogens is 2. The van der Waals surface area contributed by atoms with Crippen molar-refractivity contribution in [3.05, 3.63) is 34.9 Å². The van der Waals surface area contributed by atoms with Gasteiger partial charge >= 0.3 is 6.09 Å². The average molecular weight is 213 g/mol. The fourth-order valence-corrected chi connectivity index (χ4v) is 1.54. The second kappa shape index (κ2) is 3.49. The topological polar surface area (TPSA) is 38.3 Å². The SMILES string of the molecule is Cc1ccc(F)c([C@@H]2COC(=O)N2)c1F. The first-order chi connectivity index (χ1) is 7.09. The van der Waals surface area contributed by atoms with Gasteiger partial charge in [0.25, 0.3) is 0 Å². The molecule has 3 nitrogen and oxygen atoms in total. The number of cyclic esters (lactones) is 1. The number of benzene rings is 1. The summed E-state index contributed by atoms with van der Waals surface area (Å²) in [5, 5.41) is 2.34. The molecular formula is C10H9F2NO2. The number of ether oxygens (including phenoxy) is 1. The van der Waals surface area contributed by atoms with Crippen molar-refractivity contribution in [2.75, 3.05) is 6.61 Å². The van der Waals surface area contributed by atoms with E-state index in [4.69, 9.17) is 0 Å². The van der Waals surface area contributed by atoms with Crippen molar-refractivity contribution in [1.29, 1.82) is 0 Å². The minimum atomic E-state index is -0.739. The Morgan fingerprint density at radius 2 is 2.20 bits per heavy atom. The number of hydrogen-bond donors (Lipinski definition) is 1. The summed E-state index contributed by atoms with van der Waals surface area (Å²) < 4.78 is 31.5. The van der Waals surface area contributed by atoms with Crippen LogP contribution in [0.1, 0.15) is 17.2 Å². The van der Waals surface area contributed by atoms with Crippen molar-refractivity contribution in [2.24, 2.45) is 0 Å². The molecule has 1 fully saturated rings. The monoisotopic (exact) mass is 213 g/mol. The van der Waals surface area contributed by atoms with Crippen LogP contribution in [0.3, 0.4) is 0 Å². The van der Waals surface area contributed by atoms with E-state index in [1.807, 2.05) is 0 Å². The molecule has 2 rings (SSSR count). The molecule has 0 aliphatic carbocycles. The van der Waals surface area contributed by atoms with E-state index in [2.05, 4.69) is 10.1 Å². The third kappa shape index (κ3) is 1.65. The largest absolute Gasteiger partial charge is 0.447 e. The highest BCUT2D eigenvalue weighted by atomic mass is 19.1. The number of nitrogens with one attached hydrogen (secondary N) is 1. The third-order valence-electron chi connectivity index (χ3n) is 2.34. The zero-order valence-electron chi connectivity index (χ0n) is 8.01. The van der Waals surface area contributed by atoms with E-state index in [-0.39, 0.29) is 12.2 Å². The maximum atomic E-state index is 13.6. The number of amides is 1. The molecule has 1 aromatic rings. The summed E-state index contributed by atoms with van der Waals surface area (Å²) in [7, 11) is 0. The number of hydrogen-bond acceptors (Lipinski definition) is 2. The fourth-order valence-electron chi connectivity index (χ4n) is 1.54.